The summed E-state index contributed by atoms with van der Waals surface area (Å²) < 4.78 is 0. The highest BCUT2D eigenvalue weighted by atomic mass is 35.5. The molecule has 0 bridgehead atoms. The first kappa shape index (κ1) is 17.2. The van der Waals surface area contributed by atoms with Crippen LogP contribution in [0.5, 0.6) is 0 Å². The lowest BCUT2D eigenvalue weighted by atomic mass is 10.2. The van der Waals surface area contributed by atoms with Gasteiger partial charge in [0.2, 0.25) is 0 Å². The Morgan fingerprint density at radius 3 is 2.64 bits per heavy atom. The van der Waals surface area contributed by atoms with Crippen molar-refractivity contribution in [2.75, 3.05) is 0 Å². The molecule has 3 rings (SSSR count). The Balaban J connectivity index is 1.83. The van der Waals surface area contributed by atoms with Crippen LogP contribution in [0.2, 0.25) is 5.02 Å². The number of amides is 1. The summed E-state index contributed by atoms with van der Waals surface area (Å²) in [6, 6.07) is 11.4. The van der Waals surface area contributed by atoms with Gasteiger partial charge in [-0.25, -0.2) is 4.99 Å². The molecule has 0 radical (unpaired) electrons. The molecule has 0 saturated carbocycles. The quantitative estimate of drug-likeness (QED) is 0.489. The minimum atomic E-state index is -0.466. The summed E-state index contributed by atoms with van der Waals surface area (Å²) in [4.78, 5) is 27.2. The third-order valence-electron chi connectivity index (χ3n) is 3.51. The molecule has 1 fully saturated rings. The number of non-ortho nitro benzene ring substituents is 1. The predicted octanol–water partition coefficient (Wildman–Crippen LogP) is 4.45. The second-order valence-electron chi connectivity index (χ2n) is 5.21. The first-order valence-corrected chi connectivity index (χ1v) is 8.42. The average Bonchev–Trinajstić information content (AvgIpc) is 2.92. The molecule has 0 atom stereocenters. The van der Waals surface area contributed by atoms with Gasteiger partial charge in [-0.2, -0.15) is 0 Å². The molecule has 8 heteroatoms. The van der Waals surface area contributed by atoms with Crippen molar-refractivity contribution in [2.24, 2.45) is 4.99 Å². The molecular formula is C17H12ClN3O3S. The van der Waals surface area contributed by atoms with Crippen molar-refractivity contribution < 1.29 is 9.72 Å². The van der Waals surface area contributed by atoms with E-state index in [1.807, 2.05) is 13.0 Å². The molecule has 1 aliphatic rings. The summed E-state index contributed by atoms with van der Waals surface area (Å²) in [6.45, 7) is 1.86. The number of benzene rings is 2. The molecule has 1 amide bonds. The van der Waals surface area contributed by atoms with Crippen molar-refractivity contribution in [2.45, 2.75) is 6.92 Å². The van der Waals surface area contributed by atoms with Gasteiger partial charge in [0.1, 0.15) is 0 Å². The van der Waals surface area contributed by atoms with Crippen molar-refractivity contribution in [1.82, 2.24) is 5.32 Å². The van der Waals surface area contributed by atoms with Crippen molar-refractivity contribution in [1.29, 1.82) is 0 Å². The summed E-state index contributed by atoms with van der Waals surface area (Å²) >= 11 is 7.28. The third kappa shape index (κ3) is 3.89. The van der Waals surface area contributed by atoms with Crippen LogP contribution in [0.25, 0.3) is 6.08 Å². The molecule has 0 spiro atoms. The molecule has 1 saturated heterocycles. The van der Waals surface area contributed by atoms with Gasteiger partial charge in [0.25, 0.3) is 11.6 Å². The van der Waals surface area contributed by atoms with Gasteiger partial charge in [0.05, 0.1) is 15.5 Å². The number of nitrogens with one attached hydrogen (secondary N) is 1. The van der Waals surface area contributed by atoms with Crippen LogP contribution in [0.1, 0.15) is 11.1 Å². The largest absolute Gasteiger partial charge is 0.300 e. The molecule has 2 aromatic carbocycles. The highest BCUT2D eigenvalue weighted by molar-refractivity contribution is 8.18. The lowest BCUT2D eigenvalue weighted by molar-refractivity contribution is -0.384. The Bertz CT molecular complexity index is 923. The number of rotatable bonds is 3. The van der Waals surface area contributed by atoms with E-state index in [-0.39, 0.29) is 11.6 Å². The molecular weight excluding hydrogens is 362 g/mol. The fraction of sp³-hybridized carbons (Fsp3) is 0.0588. The van der Waals surface area contributed by atoms with E-state index in [2.05, 4.69) is 10.3 Å². The summed E-state index contributed by atoms with van der Waals surface area (Å²) in [5.74, 6) is -0.262. The monoisotopic (exact) mass is 373 g/mol. The Kier molecular flexibility index (Phi) is 4.87. The highest BCUT2D eigenvalue weighted by Gasteiger charge is 2.24. The minimum Gasteiger partial charge on any atom is -0.300 e. The van der Waals surface area contributed by atoms with Crippen LogP contribution in [0, 0.1) is 17.0 Å². The van der Waals surface area contributed by atoms with Gasteiger partial charge < -0.3 is 5.32 Å². The molecule has 1 N–H and O–H groups in total. The zero-order chi connectivity index (χ0) is 18.0. The van der Waals surface area contributed by atoms with Crippen LogP contribution < -0.4 is 5.32 Å². The zero-order valence-corrected chi connectivity index (χ0v) is 14.6. The van der Waals surface area contributed by atoms with E-state index in [4.69, 9.17) is 11.6 Å². The normalized spacial score (nSPS) is 17.1. The van der Waals surface area contributed by atoms with E-state index >= 15 is 0 Å². The maximum Gasteiger partial charge on any atom is 0.269 e. The van der Waals surface area contributed by atoms with E-state index in [1.54, 1.807) is 30.3 Å². The summed E-state index contributed by atoms with van der Waals surface area (Å²) in [5, 5.41) is 14.4. The Labute approximate surface area is 152 Å². The molecule has 25 heavy (non-hydrogen) atoms. The second kappa shape index (κ2) is 7.08. The molecule has 2 aromatic rings. The van der Waals surface area contributed by atoms with Crippen molar-refractivity contribution >= 4 is 51.9 Å². The van der Waals surface area contributed by atoms with Crippen molar-refractivity contribution in [3.63, 3.8) is 0 Å². The zero-order valence-electron chi connectivity index (χ0n) is 13.0. The Morgan fingerprint density at radius 1 is 1.24 bits per heavy atom. The summed E-state index contributed by atoms with van der Waals surface area (Å²) in [7, 11) is 0. The van der Waals surface area contributed by atoms with Gasteiger partial charge in [0, 0.05) is 17.2 Å². The number of carbonyl (C=O) groups excluding carboxylic acids is 1. The van der Waals surface area contributed by atoms with Crippen LogP contribution >= 0.6 is 23.4 Å². The molecule has 0 aliphatic carbocycles. The van der Waals surface area contributed by atoms with E-state index in [0.29, 0.717) is 26.3 Å². The van der Waals surface area contributed by atoms with Crippen LogP contribution in [-0.4, -0.2) is 16.0 Å². The van der Waals surface area contributed by atoms with E-state index < -0.39 is 4.92 Å². The number of nitro benzene ring substituents is 1. The van der Waals surface area contributed by atoms with Gasteiger partial charge in [-0.15, -0.1) is 0 Å². The van der Waals surface area contributed by atoms with Gasteiger partial charge in [-0.1, -0.05) is 17.7 Å². The Hall–Kier alpha value is -2.64. The van der Waals surface area contributed by atoms with Crippen LogP contribution in [0.3, 0.4) is 0 Å². The fourth-order valence-corrected chi connectivity index (χ4v) is 3.16. The van der Waals surface area contributed by atoms with Gasteiger partial charge >= 0.3 is 0 Å². The molecule has 126 valence electrons. The molecule has 6 nitrogen and oxygen atoms in total. The SMILES string of the molecule is Cc1c(Cl)cccc1N=C1NC(=O)C(=Cc2ccc([N+](=O)[O-])cc2)S1. The minimum absolute atomic E-state index is 0.00404. The lowest BCUT2D eigenvalue weighted by Gasteiger charge is -2.02. The molecule has 1 aliphatic heterocycles. The summed E-state index contributed by atoms with van der Waals surface area (Å²) in [5.41, 5.74) is 2.22. The van der Waals surface area contributed by atoms with E-state index in [1.165, 1.54) is 23.9 Å². The van der Waals surface area contributed by atoms with Crippen LogP contribution in [0.15, 0.2) is 52.4 Å². The average molecular weight is 374 g/mol. The maximum absolute atomic E-state index is 12.1. The first-order valence-electron chi connectivity index (χ1n) is 7.23. The number of aliphatic imine (C=N–C) groups is 1. The fourth-order valence-electron chi connectivity index (χ4n) is 2.15. The standard InChI is InChI=1S/C17H12ClN3O3S/c1-10-13(18)3-2-4-14(10)19-17-20-16(22)15(25-17)9-11-5-7-12(8-6-11)21(23)24/h2-9H,1H3,(H,19,20,22). The Morgan fingerprint density at radius 2 is 1.96 bits per heavy atom. The number of hydrogen-bond donors (Lipinski definition) is 1. The predicted molar refractivity (Wildman–Crippen MR) is 100 cm³/mol. The smallest absolute Gasteiger partial charge is 0.269 e. The van der Waals surface area contributed by atoms with E-state index in [9.17, 15) is 14.9 Å². The number of nitro groups is 1. The van der Waals surface area contributed by atoms with Gasteiger partial charge in [0.15, 0.2) is 5.17 Å². The summed E-state index contributed by atoms with van der Waals surface area (Å²) in [6.07, 6.45) is 1.66. The van der Waals surface area contributed by atoms with Gasteiger partial charge in [-0.05, 0) is 60.2 Å². The second-order valence-corrected chi connectivity index (χ2v) is 6.65. The van der Waals surface area contributed by atoms with E-state index in [0.717, 1.165) is 5.56 Å². The third-order valence-corrected chi connectivity index (χ3v) is 4.83. The van der Waals surface area contributed by atoms with Gasteiger partial charge in [-0.3, -0.25) is 14.9 Å². The first-order chi connectivity index (χ1) is 11.9. The number of nitrogens with zero attached hydrogens (tertiary/aromatic N) is 2. The highest BCUT2D eigenvalue weighted by Crippen LogP contribution is 2.31. The molecule has 1 heterocycles. The maximum atomic E-state index is 12.1. The van der Waals surface area contributed by atoms with Crippen LogP contribution in [-0.2, 0) is 4.79 Å². The number of halogens is 1. The topological polar surface area (TPSA) is 84.6 Å². The number of amidine groups is 1. The van der Waals surface area contributed by atoms with Crippen molar-refractivity contribution in [3.8, 4) is 0 Å². The lowest BCUT2D eigenvalue weighted by Crippen LogP contribution is -2.19. The molecule has 0 aromatic heterocycles. The molecule has 0 unspecified atom stereocenters. The number of carbonyl (C=O) groups is 1. The number of hydrogen-bond acceptors (Lipinski definition) is 5. The van der Waals surface area contributed by atoms with Crippen molar-refractivity contribution in [3.05, 3.63) is 73.6 Å². The number of thioether (sulfide) groups is 1. The van der Waals surface area contributed by atoms with Crippen LogP contribution in [0.4, 0.5) is 11.4 Å².